The molecule has 0 bridgehead atoms. The number of halogens is 3. The van der Waals surface area contributed by atoms with Gasteiger partial charge in [-0.1, -0.05) is 25.0 Å². The molecule has 2 heterocycles. The molecule has 208 valence electrons. The molecule has 39 heavy (non-hydrogen) atoms. The summed E-state index contributed by atoms with van der Waals surface area (Å²) in [7, 11) is -2.32. The standard InChI is InChI=1S/C26H29F3N6O3S/c1-35(39(2,37)38)24-18(8-6-12-30-24)15-31-22-14-23(32-16-21(22)26(27,28)29)33-20-11-5-7-17(13-20)25(36)34-19-9-3-4-10-19/h5-8,11-14,16,19H,3-4,9-10,15H2,1-2H3,(H,34,36)(H2,31,32,33). The Balaban J connectivity index is 1.55. The van der Waals surface area contributed by atoms with Crippen LogP contribution in [-0.4, -0.2) is 43.6 Å². The Morgan fingerprint density at radius 2 is 1.85 bits per heavy atom. The second-order valence-corrected chi connectivity index (χ2v) is 11.4. The van der Waals surface area contributed by atoms with Crippen LogP contribution in [0.5, 0.6) is 0 Å². The van der Waals surface area contributed by atoms with Crippen molar-refractivity contribution in [2.24, 2.45) is 0 Å². The van der Waals surface area contributed by atoms with Gasteiger partial charge in [0.1, 0.15) is 11.6 Å². The van der Waals surface area contributed by atoms with Crippen LogP contribution in [-0.2, 0) is 22.7 Å². The highest BCUT2D eigenvalue weighted by molar-refractivity contribution is 7.92. The zero-order valence-electron chi connectivity index (χ0n) is 21.4. The van der Waals surface area contributed by atoms with E-state index in [-0.39, 0.29) is 35.8 Å². The third-order valence-corrected chi connectivity index (χ3v) is 7.60. The smallest absolute Gasteiger partial charge is 0.380 e. The van der Waals surface area contributed by atoms with Gasteiger partial charge in [-0.3, -0.25) is 9.10 Å². The van der Waals surface area contributed by atoms with Gasteiger partial charge in [-0.05, 0) is 37.1 Å². The molecule has 0 unspecified atom stereocenters. The van der Waals surface area contributed by atoms with E-state index < -0.39 is 21.8 Å². The lowest BCUT2D eigenvalue weighted by Crippen LogP contribution is -2.32. The van der Waals surface area contributed by atoms with Gasteiger partial charge in [-0.2, -0.15) is 13.2 Å². The van der Waals surface area contributed by atoms with E-state index in [2.05, 4.69) is 25.9 Å². The Kier molecular flexibility index (Phi) is 8.28. The van der Waals surface area contributed by atoms with E-state index in [9.17, 15) is 26.4 Å². The molecule has 1 aliphatic carbocycles. The normalized spacial score (nSPS) is 14.2. The van der Waals surface area contributed by atoms with Gasteiger partial charge in [0, 0.05) is 54.9 Å². The number of alkyl halides is 3. The van der Waals surface area contributed by atoms with E-state index in [0.29, 0.717) is 23.0 Å². The molecule has 4 rings (SSSR count). The molecule has 1 amide bonds. The van der Waals surface area contributed by atoms with Crippen LogP contribution in [0.2, 0.25) is 0 Å². The topological polar surface area (TPSA) is 116 Å². The Bertz CT molecular complexity index is 1440. The van der Waals surface area contributed by atoms with E-state index in [0.717, 1.165) is 36.2 Å². The number of hydrogen-bond donors (Lipinski definition) is 3. The van der Waals surface area contributed by atoms with Crippen LogP contribution in [0.3, 0.4) is 0 Å². The van der Waals surface area contributed by atoms with E-state index in [1.54, 1.807) is 36.4 Å². The average molecular weight is 563 g/mol. The summed E-state index contributed by atoms with van der Waals surface area (Å²) in [6.45, 7) is -0.133. The summed E-state index contributed by atoms with van der Waals surface area (Å²) in [4.78, 5) is 20.6. The first-order valence-corrected chi connectivity index (χ1v) is 14.1. The maximum absolute atomic E-state index is 13.8. The first kappa shape index (κ1) is 28.1. The lowest BCUT2D eigenvalue weighted by atomic mass is 10.1. The summed E-state index contributed by atoms with van der Waals surface area (Å²) in [6, 6.07) is 11.1. The quantitative estimate of drug-likeness (QED) is 0.339. The predicted molar refractivity (Wildman–Crippen MR) is 143 cm³/mol. The van der Waals surface area contributed by atoms with Crippen molar-refractivity contribution < 1.29 is 26.4 Å². The second-order valence-electron chi connectivity index (χ2n) is 9.34. The monoisotopic (exact) mass is 562 g/mol. The summed E-state index contributed by atoms with van der Waals surface area (Å²) in [5, 5.41) is 8.72. The largest absolute Gasteiger partial charge is 0.419 e. The molecule has 1 fully saturated rings. The molecule has 13 heteroatoms. The van der Waals surface area contributed by atoms with E-state index >= 15 is 0 Å². The maximum atomic E-state index is 13.8. The molecular weight excluding hydrogens is 533 g/mol. The minimum atomic E-state index is -4.69. The maximum Gasteiger partial charge on any atom is 0.419 e. The molecule has 0 atom stereocenters. The van der Waals surface area contributed by atoms with Crippen LogP contribution >= 0.6 is 0 Å². The molecule has 3 aromatic rings. The minimum absolute atomic E-state index is 0.0983. The fourth-order valence-corrected chi connectivity index (χ4v) is 4.80. The predicted octanol–water partition coefficient (Wildman–Crippen LogP) is 4.92. The van der Waals surface area contributed by atoms with Gasteiger partial charge in [0.25, 0.3) is 5.91 Å². The van der Waals surface area contributed by atoms with Gasteiger partial charge in [0.2, 0.25) is 10.0 Å². The van der Waals surface area contributed by atoms with E-state index in [4.69, 9.17) is 0 Å². The van der Waals surface area contributed by atoms with Gasteiger partial charge in [-0.15, -0.1) is 0 Å². The Morgan fingerprint density at radius 1 is 1.10 bits per heavy atom. The van der Waals surface area contributed by atoms with Crippen molar-refractivity contribution in [1.82, 2.24) is 15.3 Å². The summed E-state index contributed by atoms with van der Waals surface area (Å²) in [6.07, 6.45) is 2.49. The number of nitrogens with one attached hydrogen (secondary N) is 3. The van der Waals surface area contributed by atoms with Gasteiger partial charge < -0.3 is 16.0 Å². The van der Waals surface area contributed by atoms with Crippen molar-refractivity contribution in [2.45, 2.75) is 44.4 Å². The number of carbonyl (C=O) groups excluding carboxylic acids is 1. The molecule has 3 N–H and O–H groups in total. The van der Waals surface area contributed by atoms with Crippen molar-refractivity contribution in [3.05, 3.63) is 71.5 Å². The van der Waals surface area contributed by atoms with Crippen molar-refractivity contribution in [3.63, 3.8) is 0 Å². The van der Waals surface area contributed by atoms with Crippen molar-refractivity contribution in [1.29, 1.82) is 0 Å². The lowest BCUT2D eigenvalue weighted by Gasteiger charge is -2.20. The number of benzene rings is 1. The zero-order chi connectivity index (χ0) is 28.2. The minimum Gasteiger partial charge on any atom is -0.380 e. The highest BCUT2D eigenvalue weighted by Crippen LogP contribution is 2.36. The first-order valence-electron chi connectivity index (χ1n) is 12.3. The average Bonchev–Trinajstić information content (AvgIpc) is 3.39. The van der Waals surface area contributed by atoms with Crippen molar-refractivity contribution >= 4 is 38.9 Å². The molecule has 0 saturated heterocycles. The number of hydrogen-bond acceptors (Lipinski definition) is 7. The summed E-state index contributed by atoms with van der Waals surface area (Å²) >= 11 is 0. The van der Waals surface area contributed by atoms with E-state index in [1.165, 1.54) is 19.3 Å². The number of pyridine rings is 2. The van der Waals surface area contributed by atoms with Crippen LogP contribution in [0, 0.1) is 0 Å². The Hall–Kier alpha value is -3.87. The van der Waals surface area contributed by atoms with Crippen LogP contribution in [0.1, 0.15) is 47.2 Å². The fourth-order valence-electron chi connectivity index (χ4n) is 4.32. The molecule has 1 saturated carbocycles. The van der Waals surface area contributed by atoms with Gasteiger partial charge in [-0.25, -0.2) is 18.4 Å². The number of carbonyl (C=O) groups is 1. The summed E-state index contributed by atoms with van der Waals surface area (Å²) < 4.78 is 66.2. The molecule has 0 radical (unpaired) electrons. The van der Waals surface area contributed by atoms with Crippen LogP contribution in [0.4, 0.5) is 36.2 Å². The number of rotatable bonds is 9. The molecule has 9 nitrogen and oxygen atoms in total. The molecule has 1 aliphatic rings. The SMILES string of the molecule is CN(c1ncccc1CNc1cc(Nc2cccc(C(=O)NC3CCCC3)c2)ncc1C(F)(F)F)S(C)(=O)=O. The first-order chi connectivity index (χ1) is 18.4. The number of amides is 1. The molecule has 2 aromatic heterocycles. The van der Waals surface area contributed by atoms with Gasteiger partial charge >= 0.3 is 6.18 Å². The molecular formula is C26H29F3N6O3S. The molecule has 1 aromatic carbocycles. The number of anilines is 4. The molecule has 0 spiro atoms. The van der Waals surface area contributed by atoms with Crippen LogP contribution in [0.25, 0.3) is 0 Å². The van der Waals surface area contributed by atoms with Crippen molar-refractivity contribution in [3.8, 4) is 0 Å². The summed E-state index contributed by atoms with van der Waals surface area (Å²) in [5.74, 6) is 0.0132. The third kappa shape index (κ3) is 7.16. The van der Waals surface area contributed by atoms with E-state index in [1.807, 2.05) is 0 Å². The van der Waals surface area contributed by atoms with Crippen LogP contribution in [0.15, 0.2) is 54.9 Å². The number of sulfonamides is 1. The van der Waals surface area contributed by atoms with Gasteiger partial charge in [0.05, 0.1) is 17.5 Å². The number of aromatic nitrogens is 2. The second kappa shape index (κ2) is 11.5. The highest BCUT2D eigenvalue weighted by atomic mass is 32.2. The van der Waals surface area contributed by atoms with Gasteiger partial charge in [0.15, 0.2) is 0 Å². The fraction of sp³-hybridized carbons (Fsp3) is 0.346. The Labute approximate surface area is 224 Å². The zero-order valence-corrected chi connectivity index (χ0v) is 22.2. The highest BCUT2D eigenvalue weighted by Gasteiger charge is 2.34. The molecule has 0 aliphatic heterocycles. The lowest BCUT2D eigenvalue weighted by molar-refractivity contribution is -0.137. The summed E-state index contributed by atoms with van der Waals surface area (Å²) in [5.41, 5.74) is 0.0466. The number of nitrogens with zero attached hydrogens (tertiary/aromatic N) is 3. The van der Waals surface area contributed by atoms with Crippen molar-refractivity contribution in [2.75, 3.05) is 28.2 Å². The third-order valence-electron chi connectivity index (χ3n) is 6.43. The van der Waals surface area contributed by atoms with Crippen LogP contribution < -0.4 is 20.3 Å². The Morgan fingerprint density at radius 3 is 2.54 bits per heavy atom.